The van der Waals surface area contributed by atoms with E-state index in [2.05, 4.69) is 5.32 Å². The molecule has 1 aromatic heterocycles. The molecular formula is C27H29FN2O7S2. The van der Waals surface area contributed by atoms with Gasteiger partial charge in [-0.3, -0.25) is 0 Å². The van der Waals surface area contributed by atoms with Crippen molar-refractivity contribution in [3.8, 4) is 16.2 Å². The number of hydrogen-bond acceptors (Lipinski definition) is 8. The predicted octanol–water partition coefficient (Wildman–Crippen LogP) is 4.52. The lowest BCUT2D eigenvalue weighted by Crippen LogP contribution is -2.42. The number of piperidine rings is 1. The summed E-state index contributed by atoms with van der Waals surface area (Å²) in [6.45, 7) is 1.88. The lowest BCUT2D eigenvalue weighted by molar-refractivity contribution is -0.139. The zero-order valence-electron chi connectivity index (χ0n) is 21.5. The second-order valence-electron chi connectivity index (χ2n) is 9.17. The molecule has 1 saturated heterocycles. The van der Waals surface area contributed by atoms with Crippen LogP contribution in [-0.4, -0.2) is 62.6 Å². The van der Waals surface area contributed by atoms with Crippen molar-refractivity contribution in [2.45, 2.75) is 31.6 Å². The molecule has 2 N–H and O–H groups in total. The molecule has 3 aromatic rings. The summed E-state index contributed by atoms with van der Waals surface area (Å²) >= 11 is 1.17. The van der Waals surface area contributed by atoms with Crippen molar-refractivity contribution < 1.29 is 37.0 Å². The zero-order chi connectivity index (χ0) is 28.2. The van der Waals surface area contributed by atoms with Crippen molar-refractivity contribution in [2.75, 3.05) is 32.1 Å². The molecule has 9 nitrogen and oxygen atoms in total. The van der Waals surface area contributed by atoms with E-state index in [0.29, 0.717) is 37.1 Å². The number of halogens is 1. The molecule has 0 unspecified atom stereocenters. The second-order valence-corrected chi connectivity index (χ2v) is 12.2. The number of benzene rings is 2. The largest absolute Gasteiger partial charge is 0.480 e. The fraction of sp³-hybridized carbons (Fsp3) is 0.333. The van der Waals surface area contributed by atoms with E-state index in [9.17, 15) is 22.4 Å². The summed E-state index contributed by atoms with van der Waals surface area (Å²) in [4.78, 5) is 24.3. The molecule has 0 radical (unpaired) electrons. The van der Waals surface area contributed by atoms with Crippen LogP contribution in [0.25, 0.3) is 10.4 Å². The third kappa shape index (κ3) is 6.94. The van der Waals surface area contributed by atoms with Crippen molar-refractivity contribution in [1.82, 2.24) is 4.31 Å². The van der Waals surface area contributed by atoms with E-state index in [4.69, 9.17) is 14.6 Å². The van der Waals surface area contributed by atoms with Crippen molar-refractivity contribution in [3.63, 3.8) is 0 Å². The third-order valence-corrected chi connectivity index (χ3v) is 9.54. The van der Waals surface area contributed by atoms with E-state index in [1.54, 1.807) is 13.0 Å². The monoisotopic (exact) mass is 576 g/mol. The third-order valence-electron chi connectivity index (χ3n) is 6.38. The summed E-state index contributed by atoms with van der Waals surface area (Å²) in [5.41, 5.74) is 2.69. The molecule has 208 valence electrons. The molecule has 0 bridgehead atoms. The molecule has 2 heterocycles. The Hall–Kier alpha value is -3.48. The Balaban J connectivity index is 1.44. The maximum Gasteiger partial charge on any atom is 0.351 e. The lowest BCUT2D eigenvalue weighted by Gasteiger charge is -2.32. The van der Waals surface area contributed by atoms with E-state index in [-0.39, 0.29) is 22.4 Å². The van der Waals surface area contributed by atoms with Gasteiger partial charge in [-0.05, 0) is 55.2 Å². The normalized spacial score (nSPS) is 14.6. The van der Waals surface area contributed by atoms with Gasteiger partial charge in [0.15, 0.2) is 11.5 Å². The van der Waals surface area contributed by atoms with Crippen LogP contribution in [-0.2, 0) is 25.3 Å². The first-order valence-corrected chi connectivity index (χ1v) is 14.7. The number of ether oxygens (including phenoxy) is 2. The minimum absolute atomic E-state index is 0.0467. The van der Waals surface area contributed by atoms with Crippen LogP contribution < -0.4 is 10.1 Å². The number of sulfonamides is 1. The number of rotatable bonds is 10. The number of nitrogens with one attached hydrogen (secondary N) is 1. The van der Waals surface area contributed by atoms with Crippen LogP contribution in [0.2, 0.25) is 0 Å². The number of carbonyl (C=O) groups is 2. The number of esters is 1. The number of carboxylic acid groups (broad SMARTS) is 1. The molecule has 0 atom stereocenters. The van der Waals surface area contributed by atoms with E-state index in [0.717, 1.165) is 16.1 Å². The second kappa shape index (κ2) is 12.1. The smallest absolute Gasteiger partial charge is 0.351 e. The molecule has 1 aliphatic rings. The Morgan fingerprint density at radius 3 is 2.54 bits per heavy atom. The Bertz CT molecular complexity index is 1460. The predicted molar refractivity (Wildman–Crippen MR) is 146 cm³/mol. The molecule has 1 aliphatic heterocycles. The summed E-state index contributed by atoms with van der Waals surface area (Å²) in [6, 6.07) is 13.3. The van der Waals surface area contributed by atoms with Gasteiger partial charge >= 0.3 is 11.9 Å². The number of nitrogens with zero attached hydrogens (tertiary/aromatic N) is 1. The molecule has 0 aliphatic carbocycles. The molecule has 0 saturated carbocycles. The van der Waals surface area contributed by atoms with Gasteiger partial charge in [0.2, 0.25) is 10.0 Å². The van der Waals surface area contributed by atoms with Crippen molar-refractivity contribution in [1.29, 1.82) is 0 Å². The zero-order valence-corrected chi connectivity index (χ0v) is 23.1. The van der Waals surface area contributed by atoms with Crippen LogP contribution >= 0.6 is 11.3 Å². The number of hydrogen-bond donors (Lipinski definition) is 2. The number of aliphatic carboxylic acids is 1. The van der Waals surface area contributed by atoms with E-state index in [1.807, 2.05) is 24.3 Å². The first-order chi connectivity index (χ1) is 18.6. The van der Waals surface area contributed by atoms with Crippen LogP contribution in [0, 0.1) is 12.7 Å². The van der Waals surface area contributed by atoms with Gasteiger partial charge in [-0.25, -0.2) is 26.7 Å². The summed E-state index contributed by atoms with van der Waals surface area (Å²) in [5, 5.41) is 12.5. The van der Waals surface area contributed by atoms with Crippen molar-refractivity contribution in [2.24, 2.45) is 0 Å². The topological polar surface area (TPSA) is 122 Å². The number of thiophene rings is 1. The summed E-state index contributed by atoms with van der Waals surface area (Å²) < 4.78 is 50.9. The lowest BCUT2D eigenvalue weighted by atomic mass is 10.0. The minimum Gasteiger partial charge on any atom is -0.480 e. The molecule has 2 aromatic carbocycles. The highest BCUT2D eigenvalue weighted by Crippen LogP contribution is 2.42. The molecule has 4 rings (SSSR count). The maximum absolute atomic E-state index is 13.5. The quantitative estimate of drug-likeness (QED) is 0.338. The minimum atomic E-state index is -3.56. The highest BCUT2D eigenvalue weighted by atomic mass is 32.2. The average Bonchev–Trinajstić information content (AvgIpc) is 3.23. The maximum atomic E-state index is 13.5. The van der Waals surface area contributed by atoms with E-state index < -0.39 is 34.4 Å². The van der Waals surface area contributed by atoms with Crippen LogP contribution in [0.15, 0.2) is 48.5 Å². The molecule has 0 amide bonds. The number of carbonyl (C=O) groups excluding carboxylic acids is 1. The molecule has 12 heteroatoms. The standard InChI is InChI=1S/C27H29FN2O7S2/c1-17-24(37-15-23(31)32)26(27(33)36-2)38-25(17)19-6-4-8-22(14-19)29-21-9-11-30(12-10-21)39(34,35)16-18-5-3-7-20(28)13-18/h3-8,13-14,21,29H,9-12,15-16H2,1-2H3,(H,31,32). The van der Waals surface area contributed by atoms with Gasteiger partial charge in [-0.1, -0.05) is 24.3 Å². The van der Waals surface area contributed by atoms with Crippen LogP contribution in [0.1, 0.15) is 33.6 Å². The SMILES string of the molecule is COC(=O)c1sc(-c2cccc(NC3CCN(S(=O)(=O)Cc4cccc(F)c4)CC3)c2)c(C)c1OCC(=O)O. The Kier molecular flexibility index (Phi) is 8.88. The van der Waals surface area contributed by atoms with Gasteiger partial charge in [0.1, 0.15) is 11.6 Å². The van der Waals surface area contributed by atoms with Crippen molar-refractivity contribution in [3.05, 3.63) is 70.4 Å². The fourth-order valence-electron chi connectivity index (χ4n) is 4.50. The first-order valence-electron chi connectivity index (χ1n) is 12.2. The Labute approximate surface area is 230 Å². The van der Waals surface area contributed by atoms with Crippen LogP contribution in [0.3, 0.4) is 0 Å². The number of carboxylic acids is 1. The van der Waals surface area contributed by atoms with Gasteiger partial charge in [-0.15, -0.1) is 11.3 Å². The van der Waals surface area contributed by atoms with Gasteiger partial charge in [0.25, 0.3) is 0 Å². The summed E-state index contributed by atoms with van der Waals surface area (Å²) in [5.74, 6) is -2.28. The summed E-state index contributed by atoms with van der Waals surface area (Å²) in [7, 11) is -2.31. The fourth-order valence-corrected chi connectivity index (χ4v) is 7.22. The van der Waals surface area contributed by atoms with E-state index >= 15 is 0 Å². The average molecular weight is 577 g/mol. The van der Waals surface area contributed by atoms with Gasteiger partial charge in [-0.2, -0.15) is 0 Å². The van der Waals surface area contributed by atoms with Gasteiger partial charge in [0, 0.05) is 35.3 Å². The van der Waals surface area contributed by atoms with Gasteiger partial charge in [0.05, 0.1) is 12.9 Å². The Morgan fingerprint density at radius 2 is 1.87 bits per heavy atom. The number of methoxy groups -OCH3 is 1. The van der Waals surface area contributed by atoms with Crippen LogP contribution in [0.4, 0.5) is 10.1 Å². The molecule has 1 fully saturated rings. The molecular weight excluding hydrogens is 547 g/mol. The van der Waals surface area contributed by atoms with Gasteiger partial charge < -0.3 is 19.9 Å². The first kappa shape index (κ1) is 28.5. The molecule has 39 heavy (non-hydrogen) atoms. The van der Waals surface area contributed by atoms with Crippen LogP contribution in [0.5, 0.6) is 5.75 Å². The highest BCUT2D eigenvalue weighted by Gasteiger charge is 2.29. The number of anilines is 1. The van der Waals surface area contributed by atoms with Crippen molar-refractivity contribution >= 4 is 39.0 Å². The Morgan fingerprint density at radius 1 is 1.15 bits per heavy atom. The van der Waals surface area contributed by atoms with E-state index in [1.165, 1.54) is 41.0 Å². The summed E-state index contributed by atoms with van der Waals surface area (Å²) in [6.07, 6.45) is 1.20. The highest BCUT2D eigenvalue weighted by molar-refractivity contribution is 7.88. The molecule has 0 spiro atoms.